The Kier molecular flexibility index (Phi) is 8.75. The summed E-state index contributed by atoms with van der Waals surface area (Å²) in [6, 6.07) is 78.9. The maximum absolute atomic E-state index is 5.24. The Balaban J connectivity index is 1.24. The van der Waals surface area contributed by atoms with E-state index >= 15 is 0 Å². The number of para-hydroxylation sites is 2. The Bertz CT molecular complexity index is 3230. The summed E-state index contributed by atoms with van der Waals surface area (Å²) in [6.07, 6.45) is 0. The van der Waals surface area contributed by atoms with Crippen molar-refractivity contribution in [3.05, 3.63) is 224 Å². The number of hydrogen-bond acceptors (Lipinski definition) is 4. The van der Waals surface area contributed by atoms with Crippen LogP contribution in [0.25, 0.3) is 83.6 Å². The van der Waals surface area contributed by atoms with Crippen molar-refractivity contribution in [2.24, 2.45) is 0 Å². The van der Waals surface area contributed by atoms with Gasteiger partial charge in [-0.15, -0.1) is 0 Å². The van der Waals surface area contributed by atoms with Gasteiger partial charge in [0.25, 0.3) is 0 Å². The molecule has 0 bridgehead atoms. The molecule has 0 unspecified atom stereocenters. The Morgan fingerprint density at radius 2 is 0.833 bits per heavy atom. The van der Waals surface area contributed by atoms with Gasteiger partial charge in [0.05, 0.1) is 16.7 Å². The molecule has 0 saturated carbocycles. The molecule has 5 heteroatoms. The fourth-order valence-electron chi connectivity index (χ4n) is 8.35. The molecule has 0 radical (unpaired) electrons. The summed E-state index contributed by atoms with van der Waals surface area (Å²) < 4.78 is 2.37. The van der Waals surface area contributed by atoms with Crippen LogP contribution in [0.2, 0.25) is 0 Å². The van der Waals surface area contributed by atoms with Gasteiger partial charge in [0.15, 0.2) is 17.5 Å². The van der Waals surface area contributed by atoms with Gasteiger partial charge < -0.3 is 9.47 Å². The topological polar surface area (TPSA) is 46.8 Å². The summed E-state index contributed by atoms with van der Waals surface area (Å²) in [4.78, 5) is 17.9. The van der Waals surface area contributed by atoms with Gasteiger partial charge in [-0.3, -0.25) is 0 Å². The Labute approximate surface area is 348 Å². The molecule has 9 aromatic carbocycles. The molecular weight excluding hydrogens is 731 g/mol. The number of rotatable bonds is 8. The molecule has 0 atom stereocenters. The molecule has 282 valence electrons. The molecule has 11 rings (SSSR count). The first-order chi connectivity index (χ1) is 29.7. The molecule has 11 aromatic rings. The van der Waals surface area contributed by atoms with Gasteiger partial charge in [-0.2, -0.15) is 0 Å². The van der Waals surface area contributed by atoms with Crippen LogP contribution in [0, 0.1) is 0 Å². The summed E-state index contributed by atoms with van der Waals surface area (Å²) in [6.45, 7) is 0. The van der Waals surface area contributed by atoms with E-state index in [1.54, 1.807) is 0 Å². The van der Waals surface area contributed by atoms with E-state index in [2.05, 4.69) is 198 Å². The van der Waals surface area contributed by atoms with Crippen LogP contribution >= 0.6 is 0 Å². The molecular formula is C55H37N5. The van der Waals surface area contributed by atoms with Gasteiger partial charge in [0.1, 0.15) is 0 Å². The highest BCUT2D eigenvalue weighted by atomic mass is 15.1. The predicted octanol–water partition coefficient (Wildman–Crippen LogP) is 14.3. The van der Waals surface area contributed by atoms with Crippen molar-refractivity contribution in [3.63, 3.8) is 0 Å². The number of aromatic nitrogens is 4. The predicted molar refractivity (Wildman–Crippen MR) is 248 cm³/mol. The third-order valence-corrected chi connectivity index (χ3v) is 11.2. The average molecular weight is 768 g/mol. The molecule has 60 heavy (non-hydrogen) atoms. The fraction of sp³-hybridized carbons (Fsp3) is 0. The fourth-order valence-corrected chi connectivity index (χ4v) is 8.35. The van der Waals surface area contributed by atoms with Crippen LogP contribution in [0.3, 0.4) is 0 Å². The summed E-state index contributed by atoms with van der Waals surface area (Å²) >= 11 is 0. The molecule has 2 heterocycles. The van der Waals surface area contributed by atoms with Crippen molar-refractivity contribution in [1.82, 2.24) is 19.5 Å². The minimum absolute atomic E-state index is 0.591. The molecule has 0 amide bonds. The first kappa shape index (κ1) is 35.0. The zero-order chi connectivity index (χ0) is 39.8. The van der Waals surface area contributed by atoms with Gasteiger partial charge in [0, 0.05) is 44.5 Å². The standard InChI is InChI=1S/C55H37N5/c1-5-17-38(18-6-1)40-29-32-46(33-30-40)59(47-34-31-39-19-13-14-24-43(39)35-47)50-36-44(37-51-52(50)48-27-15-16-28-49(48)60(51)45-25-11-4-12-26-45)55-57-53(41-20-7-2-8-21-41)56-54(58-55)42-22-9-3-10-23-42/h1-37H. The third kappa shape index (κ3) is 6.35. The van der Waals surface area contributed by atoms with E-state index in [-0.39, 0.29) is 0 Å². The van der Waals surface area contributed by atoms with E-state index in [4.69, 9.17) is 15.0 Å². The minimum Gasteiger partial charge on any atom is -0.310 e. The van der Waals surface area contributed by atoms with Gasteiger partial charge in [-0.05, 0) is 76.5 Å². The second kappa shape index (κ2) is 15.0. The molecule has 0 N–H and O–H groups in total. The van der Waals surface area contributed by atoms with Gasteiger partial charge in [0.2, 0.25) is 0 Å². The minimum atomic E-state index is 0.591. The summed E-state index contributed by atoms with van der Waals surface area (Å²) in [5.41, 5.74) is 11.4. The second-order valence-electron chi connectivity index (χ2n) is 14.9. The van der Waals surface area contributed by atoms with E-state index in [9.17, 15) is 0 Å². The first-order valence-corrected chi connectivity index (χ1v) is 20.2. The Hall–Kier alpha value is -8.15. The third-order valence-electron chi connectivity index (χ3n) is 11.2. The lowest BCUT2D eigenvalue weighted by Crippen LogP contribution is -2.11. The number of nitrogens with zero attached hydrogens (tertiary/aromatic N) is 5. The summed E-state index contributed by atoms with van der Waals surface area (Å²) in [5.74, 6) is 1.83. The summed E-state index contributed by atoms with van der Waals surface area (Å²) in [7, 11) is 0. The van der Waals surface area contributed by atoms with Crippen molar-refractivity contribution >= 4 is 49.6 Å². The van der Waals surface area contributed by atoms with E-state index in [0.717, 1.165) is 72.2 Å². The smallest absolute Gasteiger partial charge is 0.164 e. The Morgan fingerprint density at radius 3 is 1.48 bits per heavy atom. The number of benzene rings is 9. The van der Waals surface area contributed by atoms with Crippen LogP contribution in [0.15, 0.2) is 224 Å². The van der Waals surface area contributed by atoms with Crippen LogP contribution in [0.4, 0.5) is 17.1 Å². The van der Waals surface area contributed by atoms with Gasteiger partial charge >= 0.3 is 0 Å². The normalized spacial score (nSPS) is 11.3. The first-order valence-electron chi connectivity index (χ1n) is 20.2. The van der Waals surface area contributed by atoms with Crippen molar-refractivity contribution < 1.29 is 0 Å². The van der Waals surface area contributed by atoms with Crippen molar-refractivity contribution in [3.8, 4) is 51.0 Å². The van der Waals surface area contributed by atoms with E-state index < -0.39 is 0 Å². The van der Waals surface area contributed by atoms with Crippen molar-refractivity contribution in [1.29, 1.82) is 0 Å². The molecule has 2 aromatic heterocycles. The van der Waals surface area contributed by atoms with Crippen LogP contribution in [0.1, 0.15) is 0 Å². The Morgan fingerprint density at radius 1 is 0.333 bits per heavy atom. The van der Waals surface area contributed by atoms with E-state index in [0.29, 0.717) is 17.5 Å². The molecule has 0 aliphatic rings. The largest absolute Gasteiger partial charge is 0.310 e. The van der Waals surface area contributed by atoms with Gasteiger partial charge in [-0.1, -0.05) is 170 Å². The number of fused-ring (bicyclic) bond motifs is 4. The SMILES string of the molecule is c1ccc(-c2ccc(N(c3ccc4ccccc4c3)c3cc(-c4nc(-c5ccccc5)nc(-c5ccccc5)n4)cc4c3c3ccccc3n4-c3ccccc3)cc2)cc1. The van der Waals surface area contributed by atoms with Crippen molar-refractivity contribution in [2.45, 2.75) is 0 Å². The van der Waals surface area contributed by atoms with Crippen LogP contribution in [-0.2, 0) is 0 Å². The van der Waals surface area contributed by atoms with E-state index in [1.165, 1.54) is 10.9 Å². The molecule has 0 aliphatic heterocycles. The molecule has 0 aliphatic carbocycles. The molecule has 5 nitrogen and oxygen atoms in total. The number of hydrogen-bond donors (Lipinski definition) is 0. The quantitative estimate of drug-likeness (QED) is 0.154. The molecule has 0 fully saturated rings. The maximum atomic E-state index is 5.24. The highest BCUT2D eigenvalue weighted by Gasteiger charge is 2.24. The lowest BCUT2D eigenvalue weighted by atomic mass is 10.0. The average Bonchev–Trinajstić information content (AvgIpc) is 3.67. The van der Waals surface area contributed by atoms with Crippen LogP contribution < -0.4 is 4.90 Å². The van der Waals surface area contributed by atoms with Crippen LogP contribution in [0.5, 0.6) is 0 Å². The monoisotopic (exact) mass is 767 g/mol. The second-order valence-corrected chi connectivity index (χ2v) is 14.9. The maximum Gasteiger partial charge on any atom is 0.164 e. The summed E-state index contributed by atoms with van der Waals surface area (Å²) in [5, 5.41) is 4.62. The highest BCUT2D eigenvalue weighted by molar-refractivity contribution is 6.18. The molecule has 0 saturated heterocycles. The van der Waals surface area contributed by atoms with Gasteiger partial charge in [-0.25, -0.2) is 15.0 Å². The van der Waals surface area contributed by atoms with Crippen molar-refractivity contribution in [2.75, 3.05) is 4.90 Å². The van der Waals surface area contributed by atoms with E-state index in [1.807, 2.05) is 36.4 Å². The lowest BCUT2D eigenvalue weighted by molar-refractivity contribution is 1.07. The zero-order valence-electron chi connectivity index (χ0n) is 32.6. The lowest BCUT2D eigenvalue weighted by Gasteiger charge is -2.28. The highest BCUT2D eigenvalue weighted by Crippen LogP contribution is 2.46. The molecule has 0 spiro atoms. The zero-order valence-corrected chi connectivity index (χ0v) is 32.6. The van der Waals surface area contributed by atoms with Crippen LogP contribution in [-0.4, -0.2) is 19.5 Å². The number of anilines is 3.